The maximum Gasteiger partial charge on any atom is 0.333 e. The number of hydrogen-bond acceptors (Lipinski definition) is 3. The summed E-state index contributed by atoms with van der Waals surface area (Å²) in [6.45, 7) is 5.46. The largest absolute Gasteiger partial charge is 0.507 e. The number of carbonyl (C=O) groups excluding carboxylic acids is 1. The number of fused-ring (bicyclic) bond motifs is 1. The van der Waals surface area contributed by atoms with Gasteiger partial charge in [0, 0.05) is 17.4 Å². The van der Waals surface area contributed by atoms with Gasteiger partial charge in [0.25, 0.3) is 0 Å². The van der Waals surface area contributed by atoms with Gasteiger partial charge >= 0.3 is 5.97 Å². The molecular formula is C16H16O3. The Labute approximate surface area is 112 Å². The number of aromatic hydroxyl groups is 1. The topological polar surface area (TPSA) is 46.5 Å². The summed E-state index contributed by atoms with van der Waals surface area (Å²) in [4.78, 5) is 11.3. The van der Waals surface area contributed by atoms with Gasteiger partial charge in [0.2, 0.25) is 0 Å². The molecule has 1 N–H and O–H groups in total. The van der Waals surface area contributed by atoms with Gasteiger partial charge in [-0.1, -0.05) is 36.9 Å². The summed E-state index contributed by atoms with van der Waals surface area (Å²) >= 11 is 0. The highest BCUT2D eigenvalue weighted by atomic mass is 16.5. The van der Waals surface area contributed by atoms with E-state index in [-0.39, 0.29) is 11.7 Å². The third-order valence-electron chi connectivity index (χ3n) is 2.94. The van der Waals surface area contributed by atoms with Crippen LogP contribution in [0.5, 0.6) is 5.75 Å². The fourth-order valence-corrected chi connectivity index (χ4v) is 1.94. The molecule has 2 aromatic rings. The zero-order valence-electron chi connectivity index (χ0n) is 10.8. The second kappa shape index (κ2) is 5.57. The Bertz CT molecular complexity index is 629. The van der Waals surface area contributed by atoms with Crippen molar-refractivity contribution in [1.29, 1.82) is 0 Å². The second-order valence-corrected chi connectivity index (χ2v) is 4.46. The minimum absolute atomic E-state index is 0.262. The van der Waals surface area contributed by atoms with E-state index in [0.29, 0.717) is 18.6 Å². The average molecular weight is 256 g/mol. The average Bonchev–Trinajstić information content (AvgIpc) is 2.41. The van der Waals surface area contributed by atoms with Gasteiger partial charge in [-0.3, -0.25) is 0 Å². The number of rotatable bonds is 4. The van der Waals surface area contributed by atoms with Crippen LogP contribution >= 0.6 is 0 Å². The van der Waals surface area contributed by atoms with Crippen LogP contribution in [0.3, 0.4) is 0 Å². The van der Waals surface area contributed by atoms with E-state index in [1.54, 1.807) is 13.0 Å². The molecule has 0 amide bonds. The summed E-state index contributed by atoms with van der Waals surface area (Å²) in [7, 11) is 0. The molecule has 0 radical (unpaired) electrons. The normalized spacial score (nSPS) is 10.4. The lowest BCUT2D eigenvalue weighted by Gasteiger charge is -2.09. The van der Waals surface area contributed by atoms with Crippen LogP contribution in [0.25, 0.3) is 10.8 Å². The molecule has 0 atom stereocenters. The molecule has 0 aromatic heterocycles. The van der Waals surface area contributed by atoms with E-state index in [1.165, 1.54) is 0 Å². The lowest BCUT2D eigenvalue weighted by atomic mass is 10.0. The minimum Gasteiger partial charge on any atom is -0.507 e. The van der Waals surface area contributed by atoms with Crippen LogP contribution in [-0.4, -0.2) is 17.7 Å². The first-order valence-electron chi connectivity index (χ1n) is 6.12. The summed E-state index contributed by atoms with van der Waals surface area (Å²) in [5.41, 5.74) is 1.44. The van der Waals surface area contributed by atoms with E-state index in [1.807, 2.05) is 30.3 Å². The molecule has 0 aliphatic heterocycles. The summed E-state index contributed by atoms with van der Waals surface area (Å²) in [6.07, 6.45) is 0.611. The van der Waals surface area contributed by atoms with Crippen LogP contribution in [0.1, 0.15) is 12.5 Å². The number of benzene rings is 2. The zero-order chi connectivity index (χ0) is 13.8. The van der Waals surface area contributed by atoms with E-state index >= 15 is 0 Å². The molecule has 3 nitrogen and oxygen atoms in total. The molecule has 0 spiro atoms. The van der Waals surface area contributed by atoms with E-state index in [0.717, 1.165) is 16.3 Å². The number of esters is 1. The van der Waals surface area contributed by atoms with Crippen LogP contribution < -0.4 is 0 Å². The molecule has 0 fully saturated rings. The molecule has 0 heterocycles. The van der Waals surface area contributed by atoms with E-state index in [9.17, 15) is 9.90 Å². The van der Waals surface area contributed by atoms with Gasteiger partial charge in [0.15, 0.2) is 0 Å². The van der Waals surface area contributed by atoms with Crippen molar-refractivity contribution in [3.63, 3.8) is 0 Å². The molecule has 0 saturated heterocycles. The number of phenolic OH excluding ortho intramolecular Hbond substituents is 1. The van der Waals surface area contributed by atoms with Crippen molar-refractivity contribution in [3.05, 3.63) is 54.1 Å². The highest BCUT2D eigenvalue weighted by Gasteiger charge is 2.07. The molecule has 0 saturated carbocycles. The molecule has 0 aliphatic carbocycles. The van der Waals surface area contributed by atoms with Crippen molar-refractivity contribution in [3.8, 4) is 5.75 Å². The van der Waals surface area contributed by atoms with Gasteiger partial charge < -0.3 is 9.84 Å². The predicted molar refractivity (Wildman–Crippen MR) is 75.1 cm³/mol. The number of phenols is 1. The van der Waals surface area contributed by atoms with E-state index < -0.39 is 0 Å². The Hall–Kier alpha value is -2.29. The molecule has 3 heteroatoms. The maximum absolute atomic E-state index is 11.3. The first-order valence-corrected chi connectivity index (χ1v) is 6.12. The smallest absolute Gasteiger partial charge is 0.333 e. The first-order chi connectivity index (χ1) is 9.09. The van der Waals surface area contributed by atoms with Crippen molar-refractivity contribution in [2.45, 2.75) is 13.3 Å². The van der Waals surface area contributed by atoms with Gasteiger partial charge in [-0.05, 0) is 23.9 Å². The summed E-state index contributed by atoms with van der Waals surface area (Å²) in [6, 6.07) is 11.1. The van der Waals surface area contributed by atoms with Crippen molar-refractivity contribution in [2.75, 3.05) is 6.61 Å². The Morgan fingerprint density at radius 3 is 2.58 bits per heavy atom. The molecule has 2 rings (SSSR count). The molecular weight excluding hydrogens is 240 g/mol. The molecule has 98 valence electrons. The lowest BCUT2D eigenvalue weighted by molar-refractivity contribution is -0.138. The Morgan fingerprint density at radius 1 is 1.21 bits per heavy atom. The first kappa shape index (κ1) is 13.1. The lowest BCUT2D eigenvalue weighted by Crippen LogP contribution is -2.08. The van der Waals surface area contributed by atoms with Crippen LogP contribution in [-0.2, 0) is 16.0 Å². The fourth-order valence-electron chi connectivity index (χ4n) is 1.94. The van der Waals surface area contributed by atoms with Crippen LogP contribution in [0.2, 0.25) is 0 Å². The minimum atomic E-state index is -0.372. The Kier molecular flexibility index (Phi) is 3.85. The summed E-state index contributed by atoms with van der Waals surface area (Å²) < 4.78 is 5.09. The molecule has 0 unspecified atom stereocenters. The van der Waals surface area contributed by atoms with E-state index in [2.05, 4.69) is 6.58 Å². The Morgan fingerprint density at radius 2 is 1.89 bits per heavy atom. The summed E-state index contributed by atoms with van der Waals surface area (Å²) in [5, 5.41) is 11.6. The number of ether oxygens (including phenoxy) is 1. The van der Waals surface area contributed by atoms with Crippen LogP contribution in [0.15, 0.2) is 48.6 Å². The van der Waals surface area contributed by atoms with Crippen LogP contribution in [0, 0.1) is 0 Å². The van der Waals surface area contributed by atoms with Gasteiger partial charge in [0.05, 0.1) is 6.61 Å². The molecule has 19 heavy (non-hydrogen) atoms. The van der Waals surface area contributed by atoms with Crippen LogP contribution in [0.4, 0.5) is 0 Å². The monoisotopic (exact) mass is 256 g/mol. The van der Waals surface area contributed by atoms with Crippen molar-refractivity contribution in [1.82, 2.24) is 0 Å². The molecule has 0 bridgehead atoms. The van der Waals surface area contributed by atoms with Gasteiger partial charge in [-0.25, -0.2) is 4.79 Å². The van der Waals surface area contributed by atoms with Gasteiger partial charge in [-0.15, -0.1) is 0 Å². The van der Waals surface area contributed by atoms with Gasteiger partial charge in [0.1, 0.15) is 5.75 Å². The molecule has 2 aromatic carbocycles. The molecule has 0 aliphatic rings. The zero-order valence-corrected chi connectivity index (χ0v) is 10.8. The second-order valence-electron chi connectivity index (χ2n) is 4.46. The standard InChI is InChI=1S/C16H16O3/c1-11(2)16(18)19-10-9-12-7-8-15(17)14-6-4-3-5-13(12)14/h3-8,17H,1,9-10H2,2H3. The highest BCUT2D eigenvalue weighted by Crippen LogP contribution is 2.27. The fraction of sp³-hybridized carbons (Fsp3) is 0.188. The Balaban J connectivity index is 2.15. The SMILES string of the molecule is C=C(C)C(=O)OCCc1ccc(O)c2ccccc12. The maximum atomic E-state index is 11.3. The highest BCUT2D eigenvalue weighted by molar-refractivity contribution is 5.91. The predicted octanol–water partition coefficient (Wildman–Crippen LogP) is 3.21. The van der Waals surface area contributed by atoms with E-state index in [4.69, 9.17) is 4.74 Å². The number of hydrogen-bond donors (Lipinski definition) is 1. The third kappa shape index (κ3) is 2.94. The van der Waals surface area contributed by atoms with Gasteiger partial charge in [-0.2, -0.15) is 0 Å². The number of carbonyl (C=O) groups is 1. The van der Waals surface area contributed by atoms with Crippen molar-refractivity contribution in [2.24, 2.45) is 0 Å². The van der Waals surface area contributed by atoms with Crippen molar-refractivity contribution < 1.29 is 14.6 Å². The van der Waals surface area contributed by atoms with Crippen molar-refractivity contribution >= 4 is 16.7 Å². The third-order valence-corrected chi connectivity index (χ3v) is 2.94. The quantitative estimate of drug-likeness (QED) is 0.675. The summed E-state index contributed by atoms with van der Waals surface area (Å²) in [5.74, 6) is -0.110.